The van der Waals surface area contributed by atoms with Gasteiger partial charge in [0.05, 0.1) is 11.3 Å². The van der Waals surface area contributed by atoms with E-state index in [-0.39, 0.29) is 22.0 Å². The zero-order valence-corrected chi connectivity index (χ0v) is 14.2. The number of aromatic hydroxyl groups is 1. The molecule has 0 radical (unpaired) electrons. The third-order valence-electron chi connectivity index (χ3n) is 3.45. The van der Waals surface area contributed by atoms with Crippen LogP contribution in [0, 0.1) is 6.92 Å². The number of benzene rings is 1. The monoisotopic (exact) mass is 350 g/mol. The average molecular weight is 351 g/mol. The molecule has 0 unspecified atom stereocenters. The fraction of sp³-hybridized carbons (Fsp3) is 0.312. The molecule has 0 atom stereocenters. The van der Waals surface area contributed by atoms with Gasteiger partial charge in [-0.05, 0) is 25.5 Å². The molecule has 1 heterocycles. The Morgan fingerprint density at radius 2 is 1.92 bits per heavy atom. The number of para-hydroxylation sites is 1. The van der Waals surface area contributed by atoms with Crippen LogP contribution in [0.15, 0.2) is 24.3 Å². The third-order valence-corrected chi connectivity index (χ3v) is 3.84. The van der Waals surface area contributed by atoms with E-state index in [1.165, 1.54) is 12.1 Å². The summed E-state index contributed by atoms with van der Waals surface area (Å²) >= 11 is 6.20. The lowest BCUT2D eigenvalue weighted by Gasteiger charge is -2.08. The van der Waals surface area contributed by atoms with Gasteiger partial charge in [-0.1, -0.05) is 37.1 Å². The van der Waals surface area contributed by atoms with Gasteiger partial charge in [0, 0.05) is 6.54 Å². The number of rotatable bonds is 5. The molecule has 2 aromatic rings. The largest absolute Gasteiger partial charge is 0.507 e. The zero-order valence-electron chi connectivity index (χ0n) is 13.5. The van der Waals surface area contributed by atoms with Gasteiger partial charge < -0.3 is 5.11 Å². The van der Waals surface area contributed by atoms with Crippen molar-refractivity contribution in [2.24, 2.45) is 0 Å². The Kier molecular flexibility index (Phi) is 5.81. The molecule has 0 saturated carbocycles. The second-order valence-electron chi connectivity index (χ2n) is 5.25. The number of phenolic OH excluding ortho intramolecular Hbond substituents is 1. The van der Waals surface area contributed by atoms with Gasteiger partial charge >= 0.3 is 0 Å². The number of amides is 2. The summed E-state index contributed by atoms with van der Waals surface area (Å²) in [6.07, 6.45) is 1.87. The van der Waals surface area contributed by atoms with Crippen LogP contribution < -0.4 is 10.9 Å². The van der Waals surface area contributed by atoms with Gasteiger partial charge in [-0.25, -0.2) is 0 Å². The smallest absolute Gasteiger partial charge is 0.274 e. The fourth-order valence-electron chi connectivity index (χ4n) is 2.18. The van der Waals surface area contributed by atoms with E-state index in [9.17, 15) is 14.7 Å². The van der Waals surface area contributed by atoms with Crippen molar-refractivity contribution in [3.8, 4) is 5.75 Å². The maximum Gasteiger partial charge on any atom is 0.274 e. The molecule has 0 spiro atoms. The predicted molar refractivity (Wildman–Crippen MR) is 89.9 cm³/mol. The summed E-state index contributed by atoms with van der Waals surface area (Å²) in [5.74, 6) is -1.37. The highest BCUT2D eigenvalue weighted by molar-refractivity contribution is 6.33. The Balaban J connectivity index is 2.06. The Morgan fingerprint density at radius 3 is 2.58 bits per heavy atom. The number of hydrogen-bond donors (Lipinski definition) is 3. The fourth-order valence-corrected chi connectivity index (χ4v) is 2.52. The van der Waals surface area contributed by atoms with Crippen LogP contribution in [0.4, 0.5) is 0 Å². The standard InChI is InChI=1S/C16H19ClN4O3/c1-3-4-9-21-14(17)13(10(2)20-21)16(24)19-18-15(23)11-7-5-6-8-12(11)22/h5-8,22H,3-4,9H2,1-2H3,(H,18,23)(H,19,24). The minimum Gasteiger partial charge on any atom is -0.507 e. The van der Waals surface area contributed by atoms with Crippen LogP contribution in [0.2, 0.25) is 5.15 Å². The van der Waals surface area contributed by atoms with E-state index in [1.54, 1.807) is 23.7 Å². The number of aromatic nitrogens is 2. The molecule has 0 saturated heterocycles. The minimum absolute atomic E-state index is 0.0549. The Labute approximate surface area is 144 Å². The van der Waals surface area contributed by atoms with Crippen LogP contribution in [-0.2, 0) is 6.54 Å². The van der Waals surface area contributed by atoms with Gasteiger partial charge in [-0.3, -0.25) is 25.1 Å². The number of nitrogens with zero attached hydrogens (tertiary/aromatic N) is 2. The normalized spacial score (nSPS) is 10.5. The number of aryl methyl sites for hydroxylation is 2. The topological polar surface area (TPSA) is 96.3 Å². The summed E-state index contributed by atoms with van der Waals surface area (Å²) < 4.78 is 1.57. The quantitative estimate of drug-likeness (QED) is 0.721. The highest BCUT2D eigenvalue weighted by Gasteiger charge is 2.21. The van der Waals surface area contributed by atoms with E-state index in [1.807, 2.05) is 6.92 Å². The number of nitrogens with one attached hydrogen (secondary N) is 2. The van der Waals surface area contributed by atoms with Crippen molar-refractivity contribution in [1.29, 1.82) is 0 Å². The highest BCUT2D eigenvalue weighted by atomic mass is 35.5. The molecule has 0 aliphatic rings. The molecule has 2 rings (SSSR count). The van der Waals surface area contributed by atoms with Gasteiger partial charge in [0.15, 0.2) is 0 Å². The molecule has 8 heteroatoms. The second-order valence-corrected chi connectivity index (χ2v) is 5.61. The number of hydrazine groups is 1. The van der Waals surface area contributed by atoms with Gasteiger partial charge in [0.2, 0.25) is 0 Å². The lowest BCUT2D eigenvalue weighted by Crippen LogP contribution is -2.41. The van der Waals surface area contributed by atoms with Crippen molar-refractivity contribution in [3.63, 3.8) is 0 Å². The minimum atomic E-state index is -0.631. The molecule has 3 N–H and O–H groups in total. The lowest BCUT2D eigenvalue weighted by atomic mass is 10.2. The number of carbonyl (C=O) groups excluding carboxylic acids is 2. The molecular weight excluding hydrogens is 332 g/mol. The van der Waals surface area contributed by atoms with Crippen LogP contribution >= 0.6 is 11.6 Å². The first-order valence-electron chi connectivity index (χ1n) is 7.57. The van der Waals surface area contributed by atoms with Crippen molar-refractivity contribution in [2.45, 2.75) is 33.2 Å². The van der Waals surface area contributed by atoms with Crippen LogP contribution in [0.3, 0.4) is 0 Å². The van der Waals surface area contributed by atoms with E-state index >= 15 is 0 Å². The molecule has 2 amide bonds. The lowest BCUT2D eigenvalue weighted by molar-refractivity contribution is 0.0844. The Morgan fingerprint density at radius 1 is 1.25 bits per heavy atom. The summed E-state index contributed by atoms with van der Waals surface area (Å²) in [6.45, 7) is 4.34. The zero-order chi connectivity index (χ0) is 17.7. The summed E-state index contributed by atoms with van der Waals surface area (Å²) in [5, 5.41) is 14.1. The van der Waals surface area contributed by atoms with Crippen molar-refractivity contribution in [2.75, 3.05) is 0 Å². The van der Waals surface area contributed by atoms with E-state index in [0.29, 0.717) is 12.2 Å². The van der Waals surface area contributed by atoms with Crippen LogP contribution in [0.1, 0.15) is 46.2 Å². The van der Waals surface area contributed by atoms with Crippen molar-refractivity contribution < 1.29 is 14.7 Å². The van der Waals surface area contributed by atoms with E-state index < -0.39 is 11.8 Å². The van der Waals surface area contributed by atoms with Gasteiger partial charge in [0.25, 0.3) is 11.8 Å². The van der Waals surface area contributed by atoms with Crippen LogP contribution in [-0.4, -0.2) is 26.7 Å². The third kappa shape index (κ3) is 3.86. The predicted octanol–water partition coefficient (Wildman–Crippen LogP) is 2.43. The van der Waals surface area contributed by atoms with Gasteiger partial charge in [0.1, 0.15) is 16.5 Å². The van der Waals surface area contributed by atoms with Crippen LogP contribution in [0.5, 0.6) is 5.75 Å². The maximum absolute atomic E-state index is 12.3. The van der Waals surface area contributed by atoms with E-state index in [0.717, 1.165) is 12.8 Å². The van der Waals surface area contributed by atoms with Gasteiger partial charge in [-0.2, -0.15) is 5.10 Å². The molecule has 0 aliphatic heterocycles. The average Bonchev–Trinajstić information content (AvgIpc) is 2.84. The Hall–Kier alpha value is -2.54. The molecule has 0 fully saturated rings. The van der Waals surface area contributed by atoms with Crippen molar-refractivity contribution >= 4 is 23.4 Å². The molecule has 24 heavy (non-hydrogen) atoms. The second kappa shape index (κ2) is 7.83. The van der Waals surface area contributed by atoms with E-state index in [2.05, 4.69) is 16.0 Å². The molecule has 1 aromatic heterocycles. The number of halogens is 1. The number of unbranched alkanes of at least 4 members (excludes halogenated alkanes) is 1. The molecule has 128 valence electrons. The summed E-state index contributed by atoms with van der Waals surface area (Å²) in [5.41, 5.74) is 5.28. The number of carbonyl (C=O) groups is 2. The number of phenols is 1. The van der Waals surface area contributed by atoms with E-state index in [4.69, 9.17) is 11.6 Å². The summed E-state index contributed by atoms with van der Waals surface area (Å²) in [4.78, 5) is 24.2. The number of hydrogen-bond acceptors (Lipinski definition) is 4. The molecule has 1 aromatic carbocycles. The van der Waals surface area contributed by atoms with Gasteiger partial charge in [-0.15, -0.1) is 0 Å². The molecule has 0 aliphatic carbocycles. The first-order valence-corrected chi connectivity index (χ1v) is 7.95. The Bertz CT molecular complexity index is 758. The highest BCUT2D eigenvalue weighted by Crippen LogP contribution is 2.20. The van der Waals surface area contributed by atoms with Crippen LogP contribution in [0.25, 0.3) is 0 Å². The molecular formula is C16H19ClN4O3. The molecule has 7 nitrogen and oxygen atoms in total. The first kappa shape index (κ1) is 17.8. The molecule has 0 bridgehead atoms. The summed E-state index contributed by atoms with van der Waals surface area (Å²) in [7, 11) is 0. The maximum atomic E-state index is 12.3. The summed E-state index contributed by atoms with van der Waals surface area (Å²) in [6, 6.07) is 6.03. The SMILES string of the molecule is CCCCn1nc(C)c(C(=O)NNC(=O)c2ccccc2O)c1Cl. The van der Waals surface area contributed by atoms with Crippen molar-refractivity contribution in [3.05, 3.63) is 46.2 Å². The van der Waals surface area contributed by atoms with Crippen molar-refractivity contribution in [1.82, 2.24) is 20.6 Å². The first-order chi connectivity index (χ1) is 11.5.